The first kappa shape index (κ1) is 14.8. The lowest BCUT2D eigenvalue weighted by atomic mass is 10.00. The van der Waals surface area contributed by atoms with Crippen LogP contribution in [0.25, 0.3) is 0 Å². The van der Waals surface area contributed by atoms with Gasteiger partial charge in [0.1, 0.15) is 5.82 Å². The van der Waals surface area contributed by atoms with E-state index in [9.17, 15) is 4.39 Å². The molecule has 1 aromatic rings. The summed E-state index contributed by atoms with van der Waals surface area (Å²) in [6.07, 6.45) is 2.28. The normalized spacial score (nSPS) is 17.6. The number of aliphatic hydroxyl groups excluding tert-OH is 1. The summed E-state index contributed by atoms with van der Waals surface area (Å²) in [5, 5.41) is 9.04. The smallest absolute Gasteiger partial charge is 0.191 e. The highest BCUT2D eigenvalue weighted by Gasteiger charge is 2.16. The standard InChI is InChI=1S/C15H22FN3O/c1-11-4-6-19(7-5-11)15(17)18-9-12-2-3-14(16)13(8-12)10-20/h2-3,8,11,20H,4-7,9-10H2,1H3,(H2,17,18). The monoisotopic (exact) mass is 279 g/mol. The number of aliphatic hydroxyl groups is 1. The van der Waals surface area contributed by atoms with Crippen LogP contribution in [-0.2, 0) is 13.2 Å². The lowest BCUT2D eigenvalue weighted by molar-refractivity contribution is 0.275. The number of hydrogen-bond acceptors (Lipinski definition) is 2. The Morgan fingerprint density at radius 3 is 2.80 bits per heavy atom. The van der Waals surface area contributed by atoms with Crippen molar-refractivity contribution in [2.45, 2.75) is 32.9 Å². The first-order valence-corrected chi connectivity index (χ1v) is 7.03. The molecule has 3 N–H and O–H groups in total. The molecule has 20 heavy (non-hydrogen) atoms. The Morgan fingerprint density at radius 2 is 2.15 bits per heavy atom. The Hall–Kier alpha value is -1.62. The van der Waals surface area contributed by atoms with E-state index in [1.165, 1.54) is 6.07 Å². The number of hydrogen-bond donors (Lipinski definition) is 2. The molecular formula is C15H22FN3O. The average Bonchev–Trinajstić information content (AvgIpc) is 2.46. The number of rotatable bonds is 3. The molecule has 0 bridgehead atoms. The molecule has 0 atom stereocenters. The predicted octanol–water partition coefficient (Wildman–Crippen LogP) is 1.86. The summed E-state index contributed by atoms with van der Waals surface area (Å²) >= 11 is 0. The fourth-order valence-electron chi connectivity index (χ4n) is 2.36. The van der Waals surface area contributed by atoms with Crippen molar-refractivity contribution in [3.05, 3.63) is 35.1 Å². The minimum Gasteiger partial charge on any atom is -0.392 e. The summed E-state index contributed by atoms with van der Waals surface area (Å²) in [6, 6.07) is 4.66. The molecule has 5 heteroatoms. The van der Waals surface area contributed by atoms with E-state index in [0.717, 1.165) is 37.4 Å². The van der Waals surface area contributed by atoms with Crippen molar-refractivity contribution in [3.8, 4) is 0 Å². The molecule has 2 rings (SSSR count). The zero-order valence-electron chi connectivity index (χ0n) is 11.8. The Morgan fingerprint density at radius 1 is 1.45 bits per heavy atom. The highest BCUT2D eigenvalue weighted by Crippen LogP contribution is 2.16. The zero-order chi connectivity index (χ0) is 14.5. The van der Waals surface area contributed by atoms with Gasteiger partial charge in [-0.15, -0.1) is 0 Å². The van der Waals surface area contributed by atoms with Crippen molar-refractivity contribution in [1.29, 1.82) is 0 Å². The number of nitrogens with zero attached hydrogens (tertiary/aromatic N) is 2. The van der Waals surface area contributed by atoms with Gasteiger partial charge in [0, 0.05) is 18.7 Å². The van der Waals surface area contributed by atoms with E-state index >= 15 is 0 Å². The lowest BCUT2D eigenvalue weighted by Crippen LogP contribution is -2.42. The van der Waals surface area contributed by atoms with E-state index in [1.54, 1.807) is 12.1 Å². The second-order valence-corrected chi connectivity index (χ2v) is 5.43. The van der Waals surface area contributed by atoms with Gasteiger partial charge < -0.3 is 15.7 Å². The molecule has 4 nitrogen and oxygen atoms in total. The highest BCUT2D eigenvalue weighted by molar-refractivity contribution is 5.78. The molecule has 0 aromatic heterocycles. The van der Waals surface area contributed by atoms with Gasteiger partial charge in [0.15, 0.2) is 5.96 Å². The number of halogens is 1. The highest BCUT2D eigenvalue weighted by atomic mass is 19.1. The van der Waals surface area contributed by atoms with Crippen molar-refractivity contribution < 1.29 is 9.50 Å². The van der Waals surface area contributed by atoms with Crippen LogP contribution in [0.4, 0.5) is 4.39 Å². The number of guanidine groups is 1. The molecule has 1 aliphatic rings. The molecule has 0 amide bonds. The first-order chi connectivity index (χ1) is 9.60. The molecular weight excluding hydrogens is 257 g/mol. The molecule has 1 saturated heterocycles. The first-order valence-electron chi connectivity index (χ1n) is 7.03. The number of likely N-dealkylation sites (tertiary alicyclic amines) is 1. The minimum atomic E-state index is -0.391. The van der Waals surface area contributed by atoms with Crippen LogP contribution in [0.5, 0.6) is 0 Å². The largest absolute Gasteiger partial charge is 0.392 e. The third kappa shape index (κ3) is 3.70. The second-order valence-electron chi connectivity index (χ2n) is 5.43. The van der Waals surface area contributed by atoms with Crippen LogP contribution in [0.15, 0.2) is 23.2 Å². The van der Waals surface area contributed by atoms with E-state index in [-0.39, 0.29) is 6.61 Å². The van der Waals surface area contributed by atoms with Crippen LogP contribution in [0.1, 0.15) is 30.9 Å². The molecule has 1 aliphatic heterocycles. The van der Waals surface area contributed by atoms with Crippen molar-refractivity contribution in [3.63, 3.8) is 0 Å². The van der Waals surface area contributed by atoms with Gasteiger partial charge in [-0.2, -0.15) is 0 Å². The van der Waals surface area contributed by atoms with E-state index in [1.807, 2.05) is 0 Å². The Balaban J connectivity index is 1.97. The average molecular weight is 279 g/mol. The summed E-state index contributed by atoms with van der Waals surface area (Å²) in [6.45, 7) is 4.25. The van der Waals surface area contributed by atoms with Crippen LogP contribution in [0, 0.1) is 11.7 Å². The van der Waals surface area contributed by atoms with Crippen molar-refractivity contribution >= 4 is 5.96 Å². The van der Waals surface area contributed by atoms with Gasteiger partial charge in [0.2, 0.25) is 0 Å². The van der Waals surface area contributed by atoms with E-state index in [0.29, 0.717) is 18.1 Å². The summed E-state index contributed by atoms with van der Waals surface area (Å²) in [5.74, 6) is 0.910. The quantitative estimate of drug-likeness (QED) is 0.656. The molecule has 1 heterocycles. The third-order valence-corrected chi connectivity index (χ3v) is 3.81. The van der Waals surface area contributed by atoms with Gasteiger partial charge >= 0.3 is 0 Å². The van der Waals surface area contributed by atoms with Gasteiger partial charge in [-0.25, -0.2) is 9.38 Å². The molecule has 0 radical (unpaired) electrons. The lowest BCUT2D eigenvalue weighted by Gasteiger charge is -2.31. The number of benzene rings is 1. The van der Waals surface area contributed by atoms with Gasteiger partial charge in [0.05, 0.1) is 13.2 Å². The van der Waals surface area contributed by atoms with Crippen LogP contribution in [0.2, 0.25) is 0 Å². The topological polar surface area (TPSA) is 61.8 Å². The van der Waals surface area contributed by atoms with Gasteiger partial charge in [-0.05, 0) is 36.5 Å². The van der Waals surface area contributed by atoms with E-state index in [4.69, 9.17) is 10.8 Å². The SMILES string of the molecule is CC1CCN(C(N)=NCc2ccc(F)c(CO)c2)CC1. The van der Waals surface area contributed by atoms with Gasteiger partial charge in [-0.3, -0.25) is 0 Å². The molecule has 0 saturated carbocycles. The maximum Gasteiger partial charge on any atom is 0.191 e. The van der Waals surface area contributed by atoms with Gasteiger partial charge in [0.25, 0.3) is 0 Å². The zero-order valence-corrected chi connectivity index (χ0v) is 11.8. The summed E-state index contributed by atoms with van der Waals surface area (Å²) < 4.78 is 13.3. The van der Waals surface area contributed by atoms with Crippen molar-refractivity contribution in [2.75, 3.05) is 13.1 Å². The number of nitrogens with two attached hydrogens (primary N) is 1. The molecule has 0 spiro atoms. The number of aliphatic imine (C=N–C) groups is 1. The van der Waals surface area contributed by atoms with Crippen molar-refractivity contribution in [2.24, 2.45) is 16.6 Å². The summed E-state index contributed by atoms with van der Waals surface area (Å²) in [5.41, 5.74) is 7.14. The van der Waals surface area contributed by atoms with Crippen LogP contribution < -0.4 is 5.73 Å². The van der Waals surface area contributed by atoms with Crippen LogP contribution in [-0.4, -0.2) is 29.1 Å². The van der Waals surface area contributed by atoms with E-state index < -0.39 is 5.82 Å². The summed E-state index contributed by atoms with van der Waals surface area (Å²) in [7, 11) is 0. The maximum atomic E-state index is 13.3. The molecule has 110 valence electrons. The maximum absolute atomic E-state index is 13.3. The third-order valence-electron chi connectivity index (χ3n) is 3.81. The second kappa shape index (κ2) is 6.70. The van der Waals surface area contributed by atoms with Crippen LogP contribution in [0.3, 0.4) is 0 Å². The van der Waals surface area contributed by atoms with Crippen molar-refractivity contribution in [1.82, 2.24) is 4.90 Å². The fourth-order valence-corrected chi connectivity index (χ4v) is 2.36. The minimum absolute atomic E-state index is 0.295. The fraction of sp³-hybridized carbons (Fsp3) is 0.533. The van der Waals surface area contributed by atoms with E-state index in [2.05, 4.69) is 16.8 Å². The molecule has 0 unspecified atom stereocenters. The Kier molecular flexibility index (Phi) is 4.95. The molecule has 1 fully saturated rings. The van der Waals surface area contributed by atoms with Crippen LogP contribution >= 0.6 is 0 Å². The molecule has 1 aromatic carbocycles. The van der Waals surface area contributed by atoms with Gasteiger partial charge in [-0.1, -0.05) is 13.0 Å². The summed E-state index contributed by atoms with van der Waals surface area (Å²) in [4.78, 5) is 6.46. The molecule has 0 aliphatic carbocycles. The number of piperidine rings is 1. The predicted molar refractivity (Wildman–Crippen MR) is 77.6 cm³/mol. The Labute approximate surface area is 119 Å². The Bertz CT molecular complexity index is 482.